The monoisotopic (exact) mass is 552 g/mol. The van der Waals surface area contributed by atoms with Gasteiger partial charge < -0.3 is 50.9 Å². The Kier molecular flexibility index (Phi) is 77.9. The molecular weight excluding hydrogens is 540 g/mol. The Labute approximate surface area is 120 Å². The van der Waals surface area contributed by atoms with Crippen LogP contribution in [-0.2, 0) is 22.4 Å². The van der Waals surface area contributed by atoms with Gasteiger partial charge in [-0.1, -0.05) is 26.2 Å². The van der Waals surface area contributed by atoms with Gasteiger partial charge in [0, 0.05) is 0 Å². The third-order valence-electron chi connectivity index (χ3n) is 1.06. The minimum absolute atomic E-state index is 0. The molecule has 11 heavy (non-hydrogen) atoms. The molecule has 1 atom stereocenters. The molecular formula is C6H15AuBr3P. The van der Waals surface area contributed by atoms with Crippen LogP contribution in [0.5, 0.6) is 0 Å². The summed E-state index contributed by atoms with van der Waals surface area (Å²) in [5.41, 5.74) is 0. The van der Waals surface area contributed by atoms with E-state index < -0.39 is 0 Å². The van der Waals surface area contributed by atoms with Crippen molar-refractivity contribution in [3.05, 3.63) is 0 Å². The largest absolute Gasteiger partial charge is 3.00 e. The van der Waals surface area contributed by atoms with Crippen molar-refractivity contribution in [1.29, 1.82) is 0 Å². The second-order valence-electron chi connectivity index (χ2n) is 1.85. The van der Waals surface area contributed by atoms with Gasteiger partial charge in [0.05, 0.1) is 0 Å². The van der Waals surface area contributed by atoms with E-state index in [9.17, 15) is 0 Å². The fourth-order valence-corrected chi connectivity index (χ4v) is 0.860. The molecule has 5 heteroatoms. The van der Waals surface area contributed by atoms with Gasteiger partial charge >= 0.3 is 22.4 Å². The normalized spacial score (nSPS) is 6.00. The second kappa shape index (κ2) is 29.4. The van der Waals surface area contributed by atoms with Crippen LogP contribution in [0.3, 0.4) is 0 Å². The van der Waals surface area contributed by atoms with E-state index in [1.54, 1.807) is 0 Å². The zero-order valence-corrected chi connectivity index (χ0v) is 14.6. The summed E-state index contributed by atoms with van der Waals surface area (Å²) in [5.74, 6) is 0. The first-order chi connectivity index (χ1) is 3.41. The van der Waals surface area contributed by atoms with Crippen LogP contribution in [0.25, 0.3) is 0 Å². The maximum atomic E-state index is 2.75. The third kappa shape index (κ3) is 32.5. The summed E-state index contributed by atoms with van der Waals surface area (Å²) >= 11 is 0. The second-order valence-corrected chi connectivity index (χ2v) is 2.43. The predicted octanol–water partition coefficient (Wildman–Crippen LogP) is -6.55. The van der Waals surface area contributed by atoms with Gasteiger partial charge in [0.25, 0.3) is 0 Å². The maximum absolute atomic E-state index is 2.75. The first-order valence-corrected chi connectivity index (χ1v) is 3.93. The Morgan fingerprint density at radius 1 is 0.909 bits per heavy atom. The zero-order chi connectivity index (χ0) is 5.54. The molecule has 0 spiro atoms. The Morgan fingerprint density at radius 2 is 1.36 bits per heavy atom. The van der Waals surface area contributed by atoms with Crippen molar-refractivity contribution in [1.82, 2.24) is 0 Å². The minimum Gasteiger partial charge on any atom is -1.00 e. The molecule has 0 aliphatic carbocycles. The number of hydrogen-bond acceptors (Lipinski definition) is 0. The molecule has 0 rings (SSSR count). The van der Waals surface area contributed by atoms with Crippen molar-refractivity contribution in [2.24, 2.45) is 0 Å². The van der Waals surface area contributed by atoms with Crippen molar-refractivity contribution in [3.63, 3.8) is 0 Å². The van der Waals surface area contributed by atoms with Crippen molar-refractivity contribution in [2.45, 2.75) is 32.6 Å². The van der Waals surface area contributed by atoms with Gasteiger partial charge in [-0.2, -0.15) is 0 Å². The molecule has 1 unspecified atom stereocenters. The van der Waals surface area contributed by atoms with Gasteiger partial charge in [0.2, 0.25) is 0 Å². The fraction of sp³-hybridized carbons (Fsp3) is 1.00. The topological polar surface area (TPSA) is 0 Å². The Bertz CT molecular complexity index is 37.0. The summed E-state index contributed by atoms with van der Waals surface area (Å²) in [5, 5.41) is 0. The SMILES string of the molecule is CCCCCCP.[Au+3].[Br-].[Br-].[Br-]. The van der Waals surface area contributed by atoms with Crippen molar-refractivity contribution >= 4 is 9.24 Å². The summed E-state index contributed by atoms with van der Waals surface area (Å²) in [6.45, 7) is 2.24. The van der Waals surface area contributed by atoms with E-state index in [0.717, 1.165) is 0 Å². The van der Waals surface area contributed by atoms with E-state index in [1.165, 1.54) is 31.8 Å². The predicted molar refractivity (Wildman–Crippen MR) is 38.7 cm³/mol. The first-order valence-electron chi connectivity index (χ1n) is 3.12. The van der Waals surface area contributed by atoms with Crippen molar-refractivity contribution < 1.29 is 73.3 Å². The molecule has 0 fully saturated rings. The third-order valence-corrected chi connectivity index (χ3v) is 1.47. The standard InChI is InChI=1S/C6H15P.Au.3BrH/c1-2-3-4-5-6-7;;;;/h2-7H2,1H3;;3*1H/q;+3;;;/p-3. The van der Waals surface area contributed by atoms with E-state index in [0.29, 0.717) is 0 Å². The number of unbranched alkanes of at least 4 members (excludes halogenated alkanes) is 3. The molecule has 0 aromatic heterocycles. The van der Waals surface area contributed by atoms with Crippen molar-refractivity contribution in [3.8, 4) is 0 Å². The van der Waals surface area contributed by atoms with Crippen LogP contribution >= 0.6 is 9.24 Å². The molecule has 0 saturated carbocycles. The molecule has 0 amide bonds. The molecule has 0 aromatic rings. The van der Waals surface area contributed by atoms with Crippen LogP contribution in [0.2, 0.25) is 0 Å². The summed E-state index contributed by atoms with van der Waals surface area (Å²) < 4.78 is 0. The van der Waals surface area contributed by atoms with Crippen LogP contribution in [0.15, 0.2) is 0 Å². The Hall–Kier alpha value is 2.61. The molecule has 0 nitrogen and oxygen atoms in total. The van der Waals surface area contributed by atoms with Crippen LogP contribution in [-0.4, -0.2) is 6.16 Å². The van der Waals surface area contributed by atoms with E-state index >= 15 is 0 Å². The number of hydrogen-bond donors (Lipinski definition) is 0. The van der Waals surface area contributed by atoms with Gasteiger partial charge in [-0.05, 0) is 12.6 Å². The van der Waals surface area contributed by atoms with Gasteiger partial charge in [-0.3, -0.25) is 0 Å². The summed E-state index contributed by atoms with van der Waals surface area (Å²) in [7, 11) is 2.75. The van der Waals surface area contributed by atoms with E-state index in [-0.39, 0.29) is 73.3 Å². The number of rotatable bonds is 4. The smallest absolute Gasteiger partial charge is 1.00 e. The van der Waals surface area contributed by atoms with E-state index in [2.05, 4.69) is 16.2 Å². The Morgan fingerprint density at radius 3 is 1.64 bits per heavy atom. The molecule has 0 N–H and O–H groups in total. The molecule has 0 aromatic carbocycles. The molecule has 76 valence electrons. The van der Waals surface area contributed by atoms with Gasteiger partial charge in [0.15, 0.2) is 0 Å². The quantitative estimate of drug-likeness (QED) is 0.184. The van der Waals surface area contributed by atoms with Gasteiger partial charge in [-0.15, -0.1) is 9.24 Å². The molecule has 0 bridgehead atoms. The fourth-order valence-electron chi connectivity index (χ4n) is 0.571. The molecule has 0 aliphatic heterocycles. The minimum atomic E-state index is 0. The van der Waals surface area contributed by atoms with Crippen LogP contribution in [0, 0.1) is 0 Å². The van der Waals surface area contributed by atoms with Crippen LogP contribution in [0.1, 0.15) is 32.6 Å². The average Bonchev–Trinajstić information content (AvgIpc) is 1.69. The molecule has 0 heterocycles. The molecule has 0 radical (unpaired) electrons. The van der Waals surface area contributed by atoms with Gasteiger partial charge in [-0.25, -0.2) is 0 Å². The van der Waals surface area contributed by atoms with Crippen molar-refractivity contribution in [2.75, 3.05) is 6.16 Å². The molecule has 0 saturated heterocycles. The van der Waals surface area contributed by atoms with E-state index in [4.69, 9.17) is 0 Å². The average molecular weight is 555 g/mol. The van der Waals surface area contributed by atoms with E-state index in [1.807, 2.05) is 0 Å². The van der Waals surface area contributed by atoms with Crippen LogP contribution in [0.4, 0.5) is 0 Å². The van der Waals surface area contributed by atoms with Crippen LogP contribution < -0.4 is 50.9 Å². The molecule has 0 aliphatic rings. The summed E-state index contributed by atoms with van der Waals surface area (Å²) in [6, 6.07) is 0. The zero-order valence-electron chi connectivity index (χ0n) is 6.55. The Balaban J connectivity index is -0.0000000300. The number of halogens is 3. The van der Waals surface area contributed by atoms with Gasteiger partial charge in [0.1, 0.15) is 0 Å². The first kappa shape index (κ1) is 29.2. The summed E-state index contributed by atoms with van der Waals surface area (Å²) in [4.78, 5) is 0. The maximum Gasteiger partial charge on any atom is 3.00 e. The summed E-state index contributed by atoms with van der Waals surface area (Å²) in [6.07, 6.45) is 6.84.